The maximum atomic E-state index is 13.2. The van der Waals surface area contributed by atoms with Gasteiger partial charge < -0.3 is 16.2 Å². The number of rotatable bonds is 4. The van der Waals surface area contributed by atoms with Gasteiger partial charge in [-0.05, 0) is 34.0 Å². The molecule has 1 atom stereocenters. The third-order valence-corrected chi connectivity index (χ3v) is 3.31. The van der Waals surface area contributed by atoms with E-state index in [0.717, 1.165) is 6.07 Å². The summed E-state index contributed by atoms with van der Waals surface area (Å²) in [4.78, 5) is 12.0. The zero-order valence-corrected chi connectivity index (χ0v) is 11.8. The predicted molar refractivity (Wildman–Crippen MR) is 71.7 cm³/mol. The van der Waals surface area contributed by atoms with Crippen LogP contribution in [-0.4, -0.2) is 23.7 Å². The largest absolute Gasteiger partial charge is 0.396 e. The van der Waals surface area contributed by atoms with E-state index in [4.69, 9.17) is 10.8 Å². The highest BCUT2D eigenvalue weighted by Crippen LogP contribution is 2.23. The first-order valence-electron chi connectivity index (χ1n) is 5.53. The van der Waals surface area contributed by atoms with Crippen molar-refractivity contribution in [3.05, 3.63) is 28.0 Å². The minimum Gasteiger partial charge on any atom is -0.396 e. The Hall–Kier alpha value is -1.14. The summed E-state index contributed by atoms with van der Waals surface area (Å²) in [6.07, 6.45) is 0. The van der Waals surface area contributed by atoms with Crippen LogP contribution in [0.15, 0.2) is 16.6 Å². The number of amides is 1. The molecule has 100 valence electrons. The smallest absolute Gasteiger partial charge is 0.252 e. The lowest BCUT2D eigenvalue weighted by Gasteiger charge is -2.20. The summed E-state index contributed by atoms with van der Waals surface area (Å²) < 4.78 is 13.5. The lowest BCUT2D eigenvalue weighted by atomic mass is 10.0. The highest BCUT2D eigenvalue weighted by atomic mass is 79.9. The van der Waals surface area contributed by atoms with Crippen LogP contribution in [0.5, 0.6) is 0 Å². The van der Waals surface area contributed by atoms with E-state index in [-0.39, 0.29) is 29.8 Å². The lowest BCUT2D eigenvalue weighted by Crippen LogP contribution is -2.41. The van der Waals surface area contributed by atoms with Crippen LogP contribution in [0, 0.1) is 11.7 Å². The molecule has 4 N–H and O–H groups in total. The Labute approximate surface area is 113 Å². The minimum absolute atomic E-state index is 0.0894. The van der Waals surface area contributed by atoms with Crippen molar-refractivity contribution in [2.45, 2.75) is 19.9 Å². The third kappa shape index (κ3) is 3.43. The van der Waals surface area contributed by atoms with Crippen LogP contribution in [-0.2, 0) is 0 Å². The van der Waals surface area contributed by atoms with Crippen LogP contribution >= 0.6 is 15.9 Å². The Kier molecular flexibility index (Phi) is 5.10. The van der Waals surface area contributed by atoms with E-state index in [1.165, 1.54) is 6.07 Å². The van der Waals surface area contributed by atoms with E-state index in [1.807, 2.05) is 13.8 Å². The standard InChI is InChI=1S/C12H16BrFN2O2/c1-6(2)11(5-17)16-12(18)7-3-10(15)9(14)4-8(7)13/h3-4,6,11,17H,5,15H2,1-2H3,(H,16,18). The maximum absolute atomic E-state index is 13.2. The summed E-state index contributed by atoms with van der Waals surface area (Å²) in [5.41, 5.74) is 5.58. The van der Waals surface area contributed by atoms with Gasteiger partial charge in [0.15, 0.2) is 0 Å². The van der Waals surface area contributed by atoms with Gasteiger partial charge in [-0.15, -0.1) is 0 Å². The summed E-state index contributed by atoms with van der Waals surface area (Å²) in [6.45, 7) is 3.61. The average molecular weight is 319 g/mol. The molecule has 1 aromatic carbocycles. The van der Waals surface area contributed by atoms with Gasteiger partial charge in [-0.3, -0.25) is 4.79 Å². The number of aliphatic hydroxyl groups is 1. The van der Waals surface area contributed by atoms with Gasteiger partial charge in [0.25, 0.3) is 5.91 Å². The van der Waals surface area contributed by atoms with Crippen molar-refractivity contribution in [1.82, 2.24) is 5.32 Å². The minimum atomic E-state index is -0.582. The van der Waals surface area contributed by atoms with Gasteiger partial charge in [-0.2, -0.15) is 0 Å². The predicted octanol–water partition coefficient (Wildman–Crippen LogP) is 1.92. The van der Waals surface area contributed by atoms with Crippen LogP contribution in [0.2, 0.25) is 0 Å². The molecule has 1 unspecified atom stereocenters. The Morgan fingerprint density at radius 2 is 2.17 bits per heavy atom. The van der Waals surface area contributed by atoms with E-state index >= 15 is 0 Å². The molecule has 1 aromatic rings. The number of halogens is 2. The van der Waals surface area contributed by atoms with E-state index in [1.54, 1.807) is 0 Å². The number of carbonyl (C=O) groups is 1. The highest BCUT2D eigenvalue weighted by molar-refractivity contribution is 9.10. The molecule has 18 heavy (non-hydrogen) atoms. The second-order valence-corrected chi connectivity index (χ2v) is 5.21. The van der Waals surface area contributed by atoms with Crippen molar-refractivity contribution in [2.24, 2.45) is 5.92 Å². The van der Waals surface area contributed by atoms with Crippen LogP contribution in [0.25, 0.3) is 0 Å². The SMILES string of the molecule is CC(C)C(CO)NC(=O)c1cc(N)c(F)cc1Br. The van der Waals surface area contributed by atoms with Crippen LogP contribution in [0.1, 0.15) is 24.2 Å². The average Bonchev–Trinajstić information content (AvgIpc) is 2.29. The lowest BCUT2D eigenvalue weighted by molar-refractivity contribution is 0.0896. The van der Waals surface area contributed by atoms with Gasteiger partial charge in [0.1, 0.15) is 5.82 Å². The maximum Gasteiger partial charge on any atom is 0.252 e. The molecule has 0 saturated heterocycles. The van der Waals surface area contributed by atoms with Gasteiger partial charge in [-0.25, -0.2) is 4.39 Å². The fourth-order valence-electron chi connectivity index (χ4n) is 1.41. The summed E-state index contributed by atoms with van der Waals surface area (Å²) in [6, 6.07) is 2.06. The second kappa shape index (κ2) is 6.15. The van der Waals surface area contributed by atoms with Crippen molar-refractivity contribution in [3.63, 3.8) is 0 Å². The molecule has 4 nitrogen and oxygen atoms in total. The molecular formula is C12H16BrFN2O2. The first-order valence-corrected chi connectivity index (χ1v) is 6.32. The van der Waals surface area contributed by atoms with Crippen molar-refractivity contribution in [3.8, 4) is 0 Å². The number of aliphatic hydroxyl groups excluding tert-OH is 1. The molecule has 0 bridgehead atoms. The first-order chi connectivity index (χ1) is 8.36. The van der Waals surface area contributed by atoms with Gasteiger partial charge >= 0.3 is 0 Å². The quantitative estimate of drug-likeness (QED) is 0.742. The fourth-order valence-corrected chi connectivity index (χ4v) is 1.90. The highest BCUT2D eigenvalue weighted by Gasteiger charge is 2.19. The van der Waals surface area contributed by atoms with E-state index in [9.17, 15) is 9.18 Å². The summed E-state index contributed by atoms with van der Waals surface area (Å²) in [5, 5.41) is 11.8. The van der Waals surface area contributed by atoms with E-state index < -0.39 is 11.7 Å². The van der Waals surface area contributed by atoms with Gasteiger partial charge in [0.05, 0.1) is 23.9 Å². The normalized spacial score (nSPS) is 12.6. The van der Waals surface area contributed by atoms with Crippen molar-refractivity contribution in [1.29, 1.82) is 0 Å². The molecule has 0 spiro atoms. The number of carbonyl (C=O) groups excluding carboxylic acids is 1. The Morgan fingerprint density at radius 1 is 1.56 bits per heavy atom. The molecule has 0 aliphatic heterocycles. The van der Waals surface area contributed by atoms with Gasteiger partial charge in [0, 0.05) is 4.47 Å². The molecule has 0 aromatic heterocycles. The van der Waals surface area contributed by atoms with E-state index in [2.05, 4.69) is 21.2 Å². The molecule has 1 amide bonds. The van der Waals surface area contributed by atoms with Gasteiger partial charge in [0.2, 0.25) is 0 Å². The van der Waals surface area contributed by atoms with Crippen molar-refractivity contribution in [2.75, 3.05) is 12.3 Å². The van der Waals surface area contributed by atoms with Crippen LogP contribution < -0.4 is 11.1 Å². The zero-order chi connectivity index (χ0) is 13.9. The number of nitrogens with two attached hydrogens (primary N) is 1. The zero-order valence-electron chi connectivity index (χ0n) is 10.2. The molecule has 0 saturated carbocycles. The van der Waals surface area contributed by atoms with Crippen molar-refractivity contribution >= 4 is 27.5 Å². The number of benzene rings is 1. The second-order valence-electron chi connectivity index (χ2n) is 4.36. The van der Waals surface area contributed by atoms with Crippen LogP contribution in [0.3, 0.4) is 0 Å². The molecule has 0 radical (unpaired) electrons. The molecule has 6 heteroatoms. The van der Waals surface area contributed by atoms with Crippen LogP contribution in [0.4, 0.5) is 10.1 Å². The topological polar surface area (TPSA) is 75.3 Å². The monoisotopic (exact) mass is 318 g/mol. The van der Waals surface area contributed by atoms with Crippen molar-refractivity contribution < 1.29 is 14.3 Å². The molecule has 0 aliphatic carbocycles. The summed E-state index contributed by atoms with van der Waals surface area (Å²) >= 11 is 3.11. The summed E-state index contributed by atoms with van der Waals surface area (Å²) in [7, 11) is 0. The Bertz CT molecular complexity index is 452. The number of hydrogen-bond donors (Lipinski definition) is 3. The Balaban J connectivity index is 2.94. The van der Waals surface area contributed by atoms with Gasteiger partial charge in [-0.1, -0.05) is 13.8 Å². The third-order valence-electron chi connectivity index (χ3n) is 2.65. The molecule has 0 fully saturated rings. The Morgan fingerprint density at radius 3 is 2.67 bits per heavy atom. The number of hydrogen-bond acceptors (Lipinski definition) is 3. The number of nitrogen functional groups attached to an aromatic ring is 1. The molecule has 0 heterocycles. The van der Waals surface area contributed by atoms with E-state index in [0.29, 0.717) is 4.47 Å². The molecule has 0 aliphatic rings. The molecule has 1 rings (SSSR count). The molecular weight excluding hydrogens is 303 g/mol. The first kappa shape index (κ1) is 14.9. The fraction of sp³-hybridized carbons (Fsp3) is 0.417. The summed E-state index contributed by atoms with van der Waals surface area (Å²) in [5.74, 6) is -0.891. The number of anilines is 1. The number of nitrogens with one attached hydrogen (secondary N) is 1.